The summed E-state index contributed by atoms with van der Waals surface area (Å²) in [5, 5.41) is 15.4. The van der Waals surface area contributed by atoms with E-state index in [2.05, 4.69) is 10.3 Å². The molecule has 1 saturated carbocycles. The number of morpholine rings is 1. The number of piperidine rings is 1. The molecule has 3 fully saturated rings. The van der Waals surface area contributed by atoms with Crippen LogP contribution in [0.15, 0.2) is 41.5 Å². The molecule has 1 aromatic carbocycles. The number of rotatable bonds is 6. The van der Waals surface area contributed by atoms with Crippen LogP contribution in [-0.4, -0.2) is 74.4 Å². The molecule has 2 aromatic heterocycles. The van der Waals surface area contributed by atoms with E-state index in [4.69, 9.17) is 16.3 Å². The molecule has 2 N–H and O–H groups in total. The van der Waals surface area contributed by atoms with E-state index in [1.807, 2.05) is 24.3 Å². The number of nitrogens with one attached hydrogen (secondary N) is 1. The van der Waals surface area contributed by atoms with E-state index >= 15 is 0 Å². The van der Waals surface area contributed by atoms with E-state index in [0.29, 0.717) is 29.4 Å². The van der Waals surface area contributed by atoms with Crippen LogP contribution in [-0.2, 0) is 16.1 Å². The predicted molar refractivity (Wildman–Crippen MR) is 150 cm³/mol. The molecule has 2 saturated heterocycles. The first-order valence-corrected chi connectivity index (χ1v) is 14.3. The van der Waals surface area contributed by atoms with Crippen LogP contribution in [0, 0.1) is 11.3 Å². The molecule has 2 aliphatic heterocycles. The van der Waals surface area contributed by atoms with E-state index in [-0.39, 0.29) is 56.4 Å². The largest absolute Gasteiger partial charge is 0.388 e. The molecule has 4 heterocycles. The van der Waals surface area contributed by atoms with E-state index < -0.39 is 22.9 Å². The highest BCUT2D eigenvalue weighted by Gasteiger charge is 2.66. The zero-order valence-electron chi connectivity index (χ0n) is 23.1. The fourth-order valence-corrected chi connectivity index (χ4v) is 6.67. The van der Waals surface area contributed by atoms with Crippen molar-refractivity contribution in [3.8, 4) is 5.69 Å². The minimum Gasteiger partial charge on any atom is -0.388 e. The van der Waals surface area contributed by atoms with Gasteiger partial charge in [0, 0.05) is 31.2 Å². The second-order valence-electron chi connectivity index (χ2n) is 12.0. The average molecular weight is 590 g/mol. The SMILES string of the molecule is CC(F)(F)[C@@H]1C[C@@]1(C)C(=O)N1CCC(O)(Cn2cnc3c(cc(Cl)n3-c3ccc([C@H]4COCCN4)cc3)c2=O)CC1. The summed E-state index contributed by atoms with van der Waals surface area (Å²) in [4.78, 5) is 32.5. The van der Waals surface area contributed by atoms with Crippen LogP contribution in [0.25, 0.3) is 16.7 Å². The van der Waals surface area contributed by atoms with Crippen molar-refractivity contribution in [2.45, 2.75) is 57.2 Å². The Hall–Kier alpha value is -2.86. The molecule has 220 valence electrons. The summed E-state index contributed by atoms with van der Waals surface area (Å²) in [6.45, 7) is 5.01. The number of hydrogen-bond donors (Lipinski definition) is 2. The lowest BCUT2D eigenvalue weighted by Crippen LogP contribution is -2.51. The monoisotopic (exact) mass is 589 g/mol. The van der Waals surface area contributed by atoms with Crippen LogP contribution in [0.2, 0.25) is 5.15 Å². The Bertz CT molecular complexity index is 1520. The van der Waals surface area contributed by atoms with Gasteiger partial charge < -0.3 is 20.1 Å². The highest BCUT2D eigenvalue weighted by Crippen LogP contribution is 2.60. The van der Waals surface area contributed by atoms with Gasteiger partial charge in [-0.05, 0) is 49.9 Å². The highest BCUT2D eigenvalue weighted by atomic mass is 35.5. The second-order valence-corrected chi connectivity index (χ2v) is 12.4. The summed E-state index contributed by atoms with van der Waals surface area (Å²) in [6.07, 6.45) is 2.02. The number of aromatic nitrogens is 3. The number of hydrogen-bond acceptors (Lipinski definition) is 6. The molecule has 12 heteroatoms. The van der Waals surface area contributed by atoms with Crippen molar-refractivity contribution in [3.63, 3.8) is 0 Å². The summed E-state index contributed by atoms with van der Waals surface area (Å²) >= 11 is 6.57. The Morgan fingerprint density at radius 1 is 1.27 bits per heavy atom. The lowest BCUT2D eigenvalue weighted by atomic mass is 9.90. The lowest BCUT2D eigenvalue weighted by Gasteiger charge is -2.39. The Morgan fingerprint density at radius 3 is 2.59 bits per heavy atom. The maximum absolute atomic E-state index is 13.8. The fraction of sp³-hybridized carbons (Fsp3) is 0.552. The van der Waals surface area contributed by atoms with E-state index in [0.717, 1.165) is 24.7 Å². The topological polar surface area (TPSA) is 102 Å². The van der Waals surface area contributed by atoms with E-state index in [1.54, 1.807) is 22.5 Å². The van der Waals surface area contributed by atoms with E-state index in [1.165, 1.54) is 10.9 Å². The third kappa shape index (κ3) is 5.17. The maximum atomic E-state index is 13.8. The van der Waals surface area contributed by atoms with Gasteiger partial charge in [0.25, 0.3) is 5.56 Å². The van der Waals surface area contributed by atoms with Gasteiger partial charge in [0.05, 0.1) is 42.2 Å². The summed E-state index contributed by atoms with van der Waals surface area (Å²) in [6, 6.07) is 9.53. The van der Waals surface area contributed by atoms with Gasteiger partial charge in [0.2, 0.25) is 11.8 Å². The summed E-state index contributed by atoms with van der Waals surface area (Å²) in [5.41, 5.74) is -0.372. The zero-order chi connectivity index (χ0) is 29.2. The smallest absolute Gasteiger partial charge is 0.262 e. The number of carbonyl (C=O) groups excluding carboxylic acids is 1. The Morgan fingerprint density at radius 2 is 1.98 bits per heavy atom. The minimum atomic E-state index is -2.90. The molecular weight excluding hydrogens is 556 g/mol. The van der Waals surface area contributed by atoms with Crippen LogP contribution in [0.4, 0.5) is 8.78 Å². The molecule has 0 unspecified atom stereocenters. The quantitative estimate of drug-likeness (QED) is 0.456. The molecular formula is C29H34ClF2N5O4. The van der Waals surface area contributed by atoms with Gasteiger partial charge in [-0.2, -0.15) is 0 Å². The van der Waals surface area contributed by atoms with Gasteiger partial charge in [0.15, 0.2) is 5.65 Å². The molecule has 0 spiro atoms. The molecule has 1 aliphatic carbocycles. The van der Waals surface area contributed by atoms with Crippen molar-refractivity contribution >= 4 is 28.5 Å². The van der Waals surface area contributed by atoms with Crippen LogP contribution in [0.3, 0.4) is 0 Å². The molecule has 0 bridgehead atoms. The van der Waals surface area contributed by atoms with Crippen molar-refractivity contribution in [3.05, 3.63) is 57.7 Å². The molecule has 41 heavy (non-hydrogen) atoms. The number of nitrogens with zero attached hydrogens (tertiary/aromatic N) is 4. The normalized spacial score (nSPS) is 26.3. The molecule has 6 rings (SSSR count). The summed E-state index contributed by atoms with van der Waals surface area (Å²) in [5.74, 6) is -4.15. The van der Waals surface area contributed by atoms with Crippen LogP contribution in [0.5, 0.6) is 0 Å². The van der Waals surface area contributed by atoms with Crippen LogP contribution in [0.1, 0.15) is 44.7 Å². The maximum Gasteiger partial charge on any atom is 0.262 e. The number of aliphatic hydroxyl groups is 1. The fourth-order valence-electron chi connectivity index (χ4n) is 6.38. The molecule has 3 atom stereocenters. The van der Waals surface area contributed by atoms with Gasteiger partial charge in [0.1, 0.15) is 11.5 Å². The lowest BCUT2D eigenvalue weighted by molar-refractivity contribution is -0.143. The molecule has 0 radical (unpaired) electrons. The van der Waals surface area contributed by atoms with Gasteiger partial charge in [-0.3, -0.25) is 18.7 Å². The third-order valence-electron chi connectivity index (χ3n) is 9.00. The molecule has 3 aliphatic rings. The molecule has 9 nitrogen and oxygen atoms in total. The number of ether oxygens (including phenoxy) is 1. The first kappa shape index (κ1) is 28.3. The first-order chi connectivity index (χ1) is 19.4. The number of benzene rings is 1. The molecule has 3 aromatic rings. The number of halogens is 3. The van der Waals surface area contributed by atoms with Crippen molar-refractivity contribution < 1.29 is 23.4 Å². The minimum absolute atomic E-state index is 0.00230. The standard InChI is InChI=1S/C29H34ClF2N5O4/c1-27(14-22(27)28(2,31)32)26(39)35-10-7-29(40,8-11-35)16-36-17-34-24-20(25(36)38)13-23(30)37(24)19-5-3-18(4-6-19)21-15-41-12-9-33-21/h3-6,13,17,21-22,33,40H,7-12,14-16H2,1-2H3/t21-,22-,27-/m1/s1. The summed E-state index contributed by atoms with van der Waals surface area (Å²) < 4.78 is 36.2. The average Bonchev–Trinajstić information content (AvgIpc) is 3.56. The van der Waals surface area contributed by atoms with Crippen molar-refractivity contribution in [2.75, 3.05) is 32.8 Å². The Labute approximate surface area is 241 Å². The van der Waals surface area contributed by atoms with Crippen molar-refractivity contribution in [2.24, 2.45) is 11.3 Å². The molecule has 1 amide bonds. The number of alkyl halides is 2. The second kappa shape index (κ2) is 10.1. The predicted octanol–water partition coefficient (Wildman–Crippen LogP) is 3.54. The van der Waals surface area contributed by atoms with Crippen molar-refractivity contribution in [1.82, 2.24) is 24.3 Å². The number of fused-ring (bicyclic) bond motifs is 1. The number of amides is 1. The van der Waals surface area contributed by atoms with Crippen LogP contribution >= 0.6 is 11.6 Å². The summed E-state index contributed by atoms with van der Waals surface area (Å²) in [7, 11) is 0. The number of likely N-dealkylation sites (tertiary alicyclic amines) is 1. The number of carbonyl (C=O) groups is 1. The van der Waals surface area contributed by atoms with Crippen LogP contribution < -0.4 is 10.9 Å². The third-order valence-corrected chi connectivity index (χ3v) is 9.28. The van der Waals surface area contributed by atoms with Gasteiger partial charge in [-0.15, -0.1) is 0 Å². The Balaban J connectivity index is 1.16. The van der Waals surface area contributed by atoms with Crippen molar-refractivity contribution in [1.29, 1.82) is 0 Å². The highest BCUT2D eigenvalue weighted by molar-refractivity contribution is 6.31. The zero-order valence-corrected chi connectivity index (χ0v) is 23.8. The van der Waals surface area contributed by atoms with Gasteiger partial charge in [-0.25, -0.2) is 13.8 Å². The Kier molecular flexibility index (Phi) is 7.00. The first-order valence-electron chi connectivity index (χ1n) is 14.0. The van der Waals surface area contributed by atoms with Gasteiger partial charge in [-0.1, -0.05) is 30.7 Å². The van der Waals surface area contributed by atoms with E-state index in [9.17, 15) is 23.5 Å². The van der Waals surface area contributed by atoms with Gasteiger partial charge >= 0.3 is 0 Å².